The second-order valence-corrected chi connectivity index (χ2v) is 1.75. The lowest BCUT2D eigenvalue weighted by molar-refractivity contribution is -0.106. The Morgan fingerprint density at radius 3 is 2.09 bits per heavy atom. The molecule has 0 atom stereocenters. The molecule has 0 saturated heterocycles. The Morgan fingerprint density at radius 2 is 1.82 bits per heavy atom. The van der Waals surface area contributed by atoms with E-state index in [2.05, 4.69) is 5.92 Å². The van der Waals surface area contributed by atoms with E-state index in [1.807, 2.05) is 30.3 Å². The zero-order valence-electron chi connectivity index (χ0n) is 6.45. The van der Waals surface area contributed by atoms with Gasteiger partial charge in [0.15, 0.2) is 0 Å². The molecule has 0 bridgehead atoms. The molecule has 0 radical (unpaired) electrons. The van der Waals surface area contributed by atoms with Crippen LogP contribution < -0.4 is 0 Å². The Bertz CT molecular complexity index is 231. The molecule has 0 aliphatic carbocycles. The highest BCUT2D eigenvalue weighted by Crippen LogP contribution is 1.92. The molecule has 56 valence electrons. The molecular weight excluding hydrogens is 136 g/mol. The van der Waals surface area contributed by atoms with Gasteiger partial charge in [0.2, 0.25) is 0 Å². The molecular formula is C10H10O. The minimum Gasteiger partial charge on any atom is -0.304 e. The number of terminal acetylenes is 1. The molecule has 11 heavy (non-hydrogen) atoms. The second-order valence-electron chi connectivity index (χ2n) is 1.75. The van der Waals surface area contributed by atoms with E-state index in [0.717, 1.165) is 11.8 Å². The highest BCUT2D eigenvalue weighted by atomic mass is 16.1. The molecule has 0 aromatic heterocycles. The number of carbonyl (C=O) groups excluding carboxylic acids is 1. The maximum atomic E-state index is 8.81. The number of hydrogen-bond donors (Lipinski definition) is 0. The summed E-state index contributed by atoms with van der Waals surface area (Å²) in [6.07, 6.45) is 5.85. The fraction of sp³-hybridized carbons (Fsp3) is 0.100. The Morgan fingerprint density at radius 1 is 1.36 bits per heavy atom. The maximum absolute atomic E-state index is 8.81. The fourth-order valence-electron chi connectivity index (χ4n) is 0.534. The third kappa shape index (κ3) is 4.92. The molecule has 1 aromatic carbocycles. The molecule has 1 rings (SSSR count). The van der Waals surface area contributed by atoms with Crippen molar-refractivity contribution in [3.05, 3.63) is 35.9 Å². The first-order valence-corrected chi connectivity index (χ1v) is 3.26. The quantitative estimate of drug-likeness (QED) is 0.403. The van der Waals surface area contributed by atoms with Crippen molar-refractivity contribution in [2.45, 2.75) is 6.92 Å². The van der Waals surface area contributed by atoms with Gasteiger partial charge in [-0.1, -0.05) is 24.1 Å². The van der Waals surface area contributed by atoms with Gasteiger partial charge in [0.1, 0.15) is 6.29 Å². The standard InChI is InChI=1S/C8H6.C2H4O/c1-2-8-6-4-3-5-7-8;1-2-3/h1,3-7H;2H,1H3. The predicted octanol–water partition coefficient (Wildman–Crippen LogP) is 1.87. The van der Waals surface area contributed by atoms with E-state index in [1.165, 1.54) is 6.92 Å². The zero-order valence-corrected chi connectivity index (χ0v) is 6.45. The van der Waals surface area contributed by atoms with Gasteiger partial charge in [-0.05, 0) is 19.1 Å². The molecule has 0 aliphatic heterocycles. The van der Waals surface area contributed by atoms with Gasteiger partial charge < -0.3 is 4.79 Å². The first kappa shape index (κ1) is 9.45. The second kappa shape index (κ2) is 6.57. The van der Waals surface area contributed by atoms with Crippen molar-refractivity contribution >= 4 is 6.29 Å². The summed E-state index contributed by atoms with van der Waals surface area (Å²) in [4.78, 5) is 8.81. The molecule has 0 aliphatic rings. The van der Waals surface area contributed by atoms with Crippen LogP contribution in [0.15, 0.2) is 30.3 Å². The summed E-state index contributed by atoms with van der Waals surface area (Å²) in [5, 5.41) is 0. The Kier molecular flexibility index (Phi) is 5.64. The van der Waals surface area contributed by atoms with Crippen LogP contribution in [0.4, 0.5) is 0 Å². The third-order valence-corrected chi connectivity index (χ3v) is 0.940. The number of rotatable bonds is 0. The summed E-state index contributed by atoms with van der Waals surface area (Å²) in [5.41, 5.74) is 0.938. The molecule has 0 spiro atoms. The maximum Gasteiger partial charge on any atom is 0.116 e. The molecule has 1 aromatic rings. The van der Waals surface area contributed by atoms with Crippen molar-refractivity contribution in [1.29, 1.82) is 0 Å². The fourth-order valence-corrected chi connectivity index (χ4v) is 0.534. The molecule has 0 fully saturated rings. The van der Waals surface area contributed by atoms with Crippen LogP contribution in [0.2, 0.25) is 0 Å². The van der Waals surface area contributed by atoms with Crippen molar-refractivity contribution < 1.29 is 4.79 Å². The SMILES string of the molecule is C#Cc1ccccc1.CC=O. The van der Waals surface area contributed by atoms with Crippen LogP contribution >= 0.6 is 0 Å². The van der Waals surface area contributed by atoms with Gasteiger partial charge in [-0.3, -0.25) is 0 Å². The van der Waals surface area contributed by atoms with E-state index >= 15 is 0 Å². The summed E-state index contributed by atoms with van der Waals surface area (Å²) in [6.45, 7) is 1.44. The Balaban J connectivity index is 0.000000292. The molecule has 1 nitrogen and oxygen atoms in total. The van der Waals surface area contributed by atoms with Crippen LogP contribution in [-0.2, 0) is 4.79 Å². The number of hydrogen-bond acceptors (Lipinski definition) is 1. The lowest BCUT2D eigenvalue weighted by atomic mass is 10.2. The topological polar surface area (TPSA) is 17.1 Å². The molecule has 0 saturated carbocycles. The first-order chi connectivity index (χ1) is 5.35. The summed E-state index contributed by atoms with van der Waals surface area (Å²) in [6, 6.07) is 9.60. The first-order valence-electron chi connectivity index (χ1n) is 3.26. The van der Waals surface area contributed by atoms with Gasteiger partial charge >= 0.3 is 0 Å². The monoisotopic (exact) mass is 146 g/mol. The smallest absolute Gasteiger partial charge is 0.116 e. The van der Waals surface area contributed by atoms with E-state index in [4.69, 9.17) is 11.2 Å². The van der Waals surface area contributed by atoms with Crippen LogP contribution in [0.3, 0.4) is 0 Å². The molecule has 0 amide bonds. The number of benzene rings is 1. The molecule has 0 unspecified atom stereocenters. The largest absolute Gasteiger partial charge is 0.304 e. The van der Waals surface area contributed by atoms with E-state index in [9.17, 15) is 0 Å². The molecule has 1 heteroatoms. The van der Waals surface area contributed by atoms with Gasteiger partial charge in [0, 0.05) is 5.56 Å². The van der Waals surface area contributed by atoms with E-state index in [1.54, 1.807) is 0 Å². The average molecular weight is 146 g/mol. The van der Waals surface area contributed by atoms with E-state index in [-0.39, 0.29) is 0 Å². The highest BCUT2D eigenvalue weighted by molar-refractivity contribution is 5.44. The minimum atomic E-state index is 0.750. The number of aldehydes is 1. The van der Waals surface area contributed by atoms with E-state index < -0.39 is 0 Å². The van der Waals surface area contributed by atoms with Crippen LogP contribution in [0.25, 0.3) is 0 Å². The summed E-state index contributed by atoms with van der Waals surface area (Å²) >= 11 is 0. The van der Waals surface area contributed by atoms with Crippen molar-refractivity contribution in [2.75, 3.05) is 0 Å². The van der Waals surface area contributed by atoms with Crippen LogP contribution in [0, 0.1) is 12.3 Å². The van der Waals surface area contributed by atoms with Crippen LogP contribution in [-0.4, -0.2) is 6.29 Å². The Labute approximate surface area is 67.1 Å². The highest BCUT2D eigenvalue weighted by Gasteiger charge is 1.76. The lowest BCUT2D eigenvalue weighted by Gasteiger charge is -1.82. The van der Waals surface area contributed by atoms with Gasteiger partial charge in [-0.2, -0.15) is 0 Å². The zero-order chi connectivity index (χ0) is 8.53. The van der Waals surface area contributed by atoms with Crippen molar-refractivity contribution in [2.24, 2.45) is 0 Å². The van der Waals surface area contributed by atoms with Crippen molar-refractivity contribution in [1.82, 2.24) is 0 Å². The van der Waals surface area contributed by atoms with Crippen LogP contribution in [0.1, 0.15) is 12.5 Å². The van der Waals surface area contributed by atoms with Gasteiger partial charge in [-0.25, -0.2) is 0 Å². The third-order valence-electron chi connectivity index (χ3n) is 0.940. The van der Waals surface area contributed by atoms with Gasteiger partial charge in [-0.15, -0.1) is 6.42 Å². The lowest BCUT2D eigenvalue weighted by Crippen LogP contribution is -1.66. The average Bonchev–Trinajstić information content (AvgIpc) is 2.08. The summed E-state index contributed by atoms with van der Waals surface area (Å²) in [5.74, 6) is 2.53. The van der Waals surface area contributed by atoms with Gasteiger partial charge in [0.25, 0.3) is 0 Å². The Hall–Kier alpha value is -1.55. The summed E-state index contributed by atoms with van der Waals surface area (Å²) in [7, 11) is 0. The molecule has 0 N–H and O–H groups in total. The predicted molar refractivity (Wildman–Crippen MR) is 46.1 cm³/mol. The molecule has 0 heterocycles. The normalized spacial score (nSPS) is 6.91. The van der Waals surface area contributed by atoms with Crippen molar-refractivity contribution in [3.8, 4) is 12.3 Å². The van der Waals surface area contributed by atoms with Crippen molar-refractivity contribution in [3.63, 3.8) is 0 Å². The van der Waals surface area contributed by atoms with Gasteiger partial charge in [0.05, 0.1) is 0 Å². The summed E-state index contributed by atoms with van der Waals surface area (Å²) < 4.78 is 0. The minimum absolute atomic E-state index is 0.750. The van der Waals surface area contributed by atoms with E-state index in [0.29, 0.717) is 0 Å². The number of carbonyl (C=O) groups is 1. The van der Waals surface area contributed by atoms with Crippen LogP contribution in [0.5, 0.6) is 0 Å².